The Bertz CT molecular complexity index is 972. The molecule has 0 saturated heterocycles. The monoisotopic (exact) mass is 347 g/mol. The molecule has 0 aliphatic rings. The first-order chi connectivity index (χ1) is 12.0. The van der Waals surface area contributed by atoms with Gasteiger partial charge in [-0.1, -0.05) is 5.92 Å². The van der Waals surface area contributed by atoms with Gasteiger partial charge in [0.15, 0.2) is 0 Å². The molecule has 9 heteroatoms. The largest absolute Gasteiger partial charge is 0.480 e. The molecule has 0 N–H and O–H groups in total. The SMILES string of the molecule is C#CCN(C)c1c(-c2c(F)cc(F)cc2F)c(OC)nc2ncnn12. The number of benzene rings is 1. The highest BCUT2D eigenvalue weighted by molar-refractivity contribution is 5.82. The maximum Gasteiger partial charge on any atom is 0.257 e. The maximum atomic E-state index is 14.4. The van der Waals surface area contributed by atoms with E-state index in [0.29, 0.717) is 12.1 Å². The van der Waals surface area contributed by atoms with E-state index in [1.54, 1.807) is 7.05 Å². The second-order valence-corrected chi connectivity index (χ2v) is 5.10. The molecule has 0 saturated carbocycles. The molecular formula is C16H12F3N5O. The molecule has 0 unspecified atom stereocenters. The highest BCUT2D eigenvalue weighted by atomic mass is 19.1. The van der Waals surface area contributed by atoms with Crippen LogP contribution in [0, 0.1) is 29.8 Å². The fourth-order valence-corrected chi connectivity index (χ4v) is 2.52. The van der Waals surface area contributed by atoms with E-state index in [2.05, 4.69) is 21.0 Å². The summed E-state index contributed by atoms with van der Waals surface area (Å²) in [5.74, 6) is -0.540. The number of hydrogen-bond donors (Lipinski definition) is 0. The zero-order valence-electron chi connectivity index (χ0n) is 13.3. The van der Waals surface area contributed by atoms with Crippen molar-refractivity contribution in [2.75, 3.05) is 25.6 Å². The Balaban J connectivity index is 2.45. The molecule has 0 radical (unpaired) electrons. The molecule has 1 aromatic carbocycles. The molecule has 25 heavy (non-hydrogen) atoms. The van der Waals surface area contributed by atoms with Crippen LogP contribution in [0.2, 0.25) is 0 Å². The van der Waals surface area contributed by atoms with Crippen molar-refractivity contribution < 1.29 is 17.9 Å². The van der Waals surface area contributed by atoms with Gasteiger partial charge in [0.25, 0.3) is 5.78 Å². The molecule has 0 fully saturated rings. The fourth-order valence-electron chi connectivity index (χ4n) is 2.52. The number of nitrogens with zero attached hydrogens (tertiary/aromatic N) is 5. The summed E-state index contributed by atoms with van der Waals surface area (Å²) in [6.45, 7) is 0.111. The highest BCUT2D eigenvalue weighted by Gasteiger charge is 2.27. The van der Waals surface area contributed by atoms with Crippen molar-refractivity contribution in [1.29, 1.82) is 0 Å². The number of fused-ring (bicyclic) bond motifs is 1. The molecule has 0 spiro atoms. The molecule has 2 aromatic heterocycles. The van der Waals surface area contributed by atoms with E-state index < -0.39 is 23.0 Å². The molecule has 6 nitrogen and oxygen atoms in total. The number of methoxy groups -OCH3 is 1. The third kappa shape index (κ3) is 2.71. The van der Waals surface area contributed by atoms with Gasteiger partial charge in [0.2, 0.25) is 5.88 Å². The van der Waals surface area contributed by atoms with Crippen LogP contribution in [0.4, 0.5) is 19.0 Å². The number of terminal acetylenes is 1. The Morgan fingerprint density at radius 1 is 1.24 bits per heavy atom. The molecule has 0 atom stereocenters. The zero-order chi connectivity index (χ0) is 18.1. The van der Waals surface area contributed by atoms with E-state index in [-0.39, 0.29) is 29.6 Å². The summed E-state index contributed by atoms with van der Waals surface area (Å²) in [7, 11) is 2.90. The van der Waals surface area contributed by atoms with Gasteiger partial charge >= 0.3 is 0 Å². The molecule has 3 rings (SSSR count). The third-order valence-electron chi connectivity index (χ3n) is 3.51. The van der Waals surface area contributed by atoms with Gasteiger partial charge in [-0.25, -0.2) is 13.2 Å². The second-order valence-electron chi connectivity index (χ2n) is 5.10. The predicted molar refractivity (Wildman–Crippen MR) is 84.7 cm³/mol. The summed E-state index contributed by atoms with van der Waals surface area (Å²) in [4.78, 5) is 9.59. The van der Waals surface area contributed by atoms with Crippen LogP contribution in [0.5, 0.6) is 5.88 Å². The molecule has 128 valence electrons. The Morgan fingerprint density at radius 2 is 1.92 bits per heavy atom. The van der Waals surface area contributed by atoms with Crippen LogP contribution in [-0.2, 0) is 0 Å². The average Bonchev–Trinajstić information content (AvgIpc) is 3.01. The first kappa shape index (κ1) is 16.6. The molecule has 0 aliphatic carbocycles. The number of aromatic nitrogens is 4. The Kier molecular flexibility index (Phi) is 4.19. The van der Waals surface area contributed by atoms with Crippen LogP contribution >= 0.6 is 0 Å². The first-order valence-electron chi connectivity index (χ1n) is 7.05. The molecule has 0 aliphatic heterocycles. The van der Waals surface area contributed by atoms with E-state index in [0.717, 1.165) is 0 Å². The van der Waals surface area contributed by atoms with E-state index in [4.69, 9.17) is 11.2 Å². The highest BCUT2D eigenvalue weighted by Crippen LogP contribution is 2.40. The van der Waals surface area contributed by atoms with Gasteiger partial charge in [-0.05, 0) is 0 Å². The third-order valence-corrected chi connectivity index (χ3v) is 3.51. The van der Waals surface area contributed by atoms with E-state index in [9.17, 15) is 13.2 Å². The quantitative estimate of drug-likeness (QED) is 0.678. The van der Waals surface area contributed by atoms with Crippen LogP contribution in [0.1, 0.15) is 0 Å². The molecule has 0 bridgehead atoms. The van der Waals surface area contributed by atoms with Crippen molar-refractivity contribution in [3.8, 4) is 29.4 Å². The van der Waals surface area contributed by atoms with Gasteiger partial charge < -0.3 is 9.64 Å². The summed E-state index contributed by atoms with van der Waals surface area (Å²) in [6.07, 6.45) is 6.58. The minimum atomic E-state index is -1.10. The van der Waals surface area contributed by atoms with Gasteiger partial charge in [-0.15, -0.1) is 6.42 Å². The Hall–Kier alpha value is -3.28. The van der Waals surface area contributed by atoms with Gasteiger partial charge in [0.05, 0.1) is 24.8 Å². The van der Waals surface area contributed by atoms with Crippen LogP contribution in [-0.4, -0.2) is 40.3 Å². The Morgan fingerprint density at radius 3 is 2.52 bits per heavy atom. The van der Waals surface area contributed by atoms with Crippen molar-refractivity contribution >= 4 is 11.6 Å². The summed E-state index contributed by atoms with van der Waals surface area (Å²) >= 11 is 0. The van der Waals surface area contributed by atoms with Crippen LogP contribution in [0.25, 0.3) is 16.9 Å². The smallest absolute Gasteiger partial charge is 0.257 e. The minimum absolute atomic E-state index is 0.0479. The zero-order valence-corrected chi connectivity index (χ0v) is 13.3. The maximum absolute atomic E-state index is 14.4. The lowest BCUT2D eigenvalue weighted by Gasteiger charge is -2.22. The lowest BCUT2D eigenvalue weighted by molar-refractivity contribution is 0.399. The van der Waals surface area contributed by atoms with Crippen molar-refractivity contribution in [1.82, 2.24) is 19.6 Å². The number of ether oxygens (including phenoxy) is 1. The number of anilines is 1. The predicted octanol–water partition coefficient (Wildman–Crippen LogP) is 2.29. The molecule has 0 amide bonds. The van der Waals surface area contributed by atoms with E-state index in [1.165, 1.54) is 22.9 Å². The van der Waals surface area contributed by atoms with Crippen LogP contribution < -0.4 is 9.64 Å². The molecule has 2 heterocycles. The molecule has 3 aromatic rings. The van der Waals surface area contributed by atoms with Crippen molar-refractivity contribution in [2.24, 2.45) is 0 Å². The van der Waals surface area contributed by atoms with Gasteiger partial charge in [0.1, 0.15) is 29.6 Å². The van der Waals surface area contributed by atoms with Crippen molar-refractivity contribution in [3.05, 3.63) is 35.9 Å². The van der Waals surface area contributed by atoms with Crippen molar-refractivity contribution in [3.63, 3.8) is 0 Å². The number of hydrogen-bond acceptors (Lipinski definition) is 5. The number of rotatable bonds is 4. The van der Waals surface area contributed by atoms with Crippen LogP contribution in [0.15, 0.2) is 18.5 Å². The lowest BCUT2D eigenvalue weighted by Crippen LogP contribution is -2.22. The summed E-state index contributed by atoms with van der Waals surface area (Å²) in [5, 5.41) is 4.02. The normalized spacial score (nSPS) is 10.7. The Labute approximate surface area is 140 Å². The second kappa shape index (κ2) is 6.32. The summed E-state index contributed by atoms with van der Waals surface area (Å²) in [5.41, 5.74) is -0.546. The van der Waals surface area contributed by atoms with E-state index >= 15 is 0 Å². The molecular weight excluding hydrogens is 335 g/mol. The summed E-state index contributed by atoms with van der Waals surface area (Å²) in [6, 6.07) is 1.16. The topological polar surface area (TPSA) is 55.5 Å². The first-order valence-corrected chi connectivity index (χ1v) is 7.05. The lowest BCUT2D eigenvalue weighted by atomic mass is 10.0. The van der Waals surface area contributed by atoms with E-state index in [1.807, 2.05) is 0 Å². The minimum Gasteiger partial charge on any atom is -0.480 e. The standard InChI is InChI=1S/C16H12F3N5O/c1-4-5-23(2)15-13(12-10(18)6-9(17)7-11(12)19)14(25-3)22-16-20-8-21-24(15)16/h1,6-8H,5H2,2-3H3. The summed E-state index contributed by atoms with van der Waals surface area (Å²) < 4.78 is 48.6. The van der Waals surface area contributed by atoms with Crippen LogP contribution in [0.3, 0.4) is 0 Å². The average molecular weight is 347 g/mol. The van der Waals surface area contributed by atoms with Gasteiger partial charge in [-0.3, -0.25) is 0 Å². The van der Waals surface area contributed by atoms with Crippen molar-refractivity contribution in [2.45, 2.75) is 0 Å². The fraction of sp³-hybridized carbons (Fsp3) is 0.188. The van der Waals surface area contributed by atoms with Gasteiger partial charge in [0, 0.05) is 19.2 Å². The number of halogens is 3. The van der Waals surface area contributed by atoms with Gasteiger partial charge in [-0.2, -0.15) is 19.6 Å².